The number of sulfonamides is 1. The summed E-state index contributed by atoms with van der Waals surface area (Å²) in [6.45, 7) is 5.39. The van der Waals surface area contributed by atoms with Gasteiger partial charge in [-0.2, -0.15) is 0 Å². The summed E-state index contributed by atoms with van der Waals surface area (Å²) in [6, 6.07) is 7.72. The normalized spacial score (nSPS) is 15.0. The first-order chi connectivity index (χ1) is 19.0. The number of ether oxygens (including phenoxy) is 3. The zero-order valence-corrected chi connectivity index (χ0v) is 24.6. The van der Waals surface area contributed by atoms with Crippen molar-refractivity contribution in [3.63, 3.8) is 0 Å². The summed E-state index contributed by atoms with van der Waals surface area (Å²) in [5.41, 5.74) is 0.581. The molecule has 0 atom stereocenters. The lowest BCUT2D eigenvalue weighted by Crippen LogP contribution is -2.15. The van der Waals surface area contributed by atoms with Gasteiger partial charge in [0.2, 0.25) is 0 Å². The van der Waals surface area contributed by atoms with Crippen LogP contribution >= 0.6 is 23.2 Å². The van der Waals surface area contributed by atoms with Crippen molar-refractivity contribution in [2.24, 2.45) is 4.99 Å². The van der Waals surface area contributed by atoms with Crippen LogP contribution in [0.4, 0.5) is 10.1 Å². The second-order valence-electron chi connectivity index (χ2n) is 8.76. The van der Waals surface area contributed by atoms with E-state index < -0.39 is 15.8 Å². The maximum Gasteiger partial charge on any atom is 0.263 e. The molecule has 0 unspecified atom stereocenters. The Labute approximate surface area is 244 Å². The van der Waals surface area contributed by atoms with Crippen LogP contribution in [-0.2, 0) is 19.5 Å². The van der Waals surface area contributed by atoms with Gasteiger partial charge in [0.1, 0.15) is 10.7 Å². The fraction of sp³-hybridized carbons (Fsp3) is 0.250. The first-order valence-corrected chi connectivity index (χ1v) is 14.3. The molecule has 2 aromatic carbocycles. The Morgan fingerprint density at radius 1 is 1.20 bits per heavy atom. The van der Waals surface area contributed by atoms with Crippen LogP contribution in [0.5, 0.6) is 5.75 Å². The quantitative estimate of drug-likeness (QED) is 0.165. The number of hydrogen-bond donors (Lipinski definition) is 1. The topological polar surface area (TPSA) is 89.5 Å². The summed E-state index contributed by atoms with van der Waals surface area (Å²) in [6.07, 6.45) is 7.20. The Morgan fingerprint density at radius 2 is 1.98 bits per heavy atom. The lowest BCUT2D eigenvalue weighted by molar-refractivity contribution is 0.182. The number of methoxy groups -OCH3 is 1. The van der Waals surface area contributed by atoms with E-state index >= 15 is 4.39 Å². The van der Waals surface area contributed by atoms with Crippen molar-refractivity contribution in [3.8, 4) is 5.75 Å². The van der Waals surface area contributed by atoms with Crippen molar-refractivity contribution in [1.82, 2.24) is 4.90 Å². The van der Waals surface area contributed by atoms with Crippen LogP contribution in [0.2, 0.25) is 10.0 Å². The molecule has 0 bridgehead atoms. The minimum absolute atomic E-state index is 0.0226. The van der Waals surface area contributed by atoms with Crippen molar-refractivity contribution >= 4 is 45.1 Å². The molecule has 8 nitrogen and oxygen atoms in total. The van der Waals surface area contributed by atoms with E-state index in [2.05, 4.69) is 21.2 Å². The number of nitrogens with one attached hydrogen (secondary N) is 1. The lowest BCUT2D eigenvalue weighted by Gasteiger charge is -2.17. The summed E-state index contributed by atoms with van der Waals surface area (Å²) < 4.78 is 60.1. The van der Waals surface area contributed by atoms with Crippen molar-refractivity contribution in [1.29, 1.82) is 0 Å². The molecule has 1 heterocycles. The molecule has 12 heteroatoms. The van der Waals surface area contributed by atoms with E-state index in [4.69, 9.17) is 37.4 Å². The van der Waals surface area contributed by atoms with Crippen LogP contribution in [-0.4, -0.2) is 60.4 Å². The molecular weight excluding hydrogens is 580 g/mol. The molecule has 0 spiro atoms. The van der Waals surface area contributed by atoms with Gasteiger partial charge in [-0.1, -0.05) is 29.8 Å². The zero-order valence-electron chi connectivity index (χ0n) is 22.3. The molecule has 2 aromatic rings. The van der Waals surface area contributed by atoms with Crippen LogP contribution in [0.3, 0.4) is 0 Å². The van der Waals surface area contributed by atoms with Gasteiger partial charge in [0, 0.05) is 29.4 Å². The monoisotopic (exact) mass is 609 g/mol. The van der Waals surface area contributed by atoms with Crippen LogP contribution in [0, 0.1) is 5.82 Å². The standard InChI is InChI=1S/C28H30Cl2FN3O5S/c1-5-24(38-14-6-13-34(2)3)27(37-4)15-19-18-32-12-11-25(19)39-26-10-8-21(17-23(26)31)33-40(35,36)28-16-20(29)7-9-22(28)30/h5,7-12,15-17,33H,1,6,13-14,18H2,2-4H3. The third-order valence-corrected chi connectivity index (χ3v) is 7.55. The minimum atomic E-state index is -4.13. The van der Waals surface area contributed by atoms with E-state index in [-0.39, 0.29) is 32.9 Å². The van der Waals surface area contributed by atoms with Gasteiger partial charge in [0.25, 0.3) is 10.0 Å². The van der Waals surface area contributed by atoms with E-state index in [9.17, 15) is 8.42 Å². The number of dihydropyridines is 1. The number of hydrogen-bond acceptors (Lipinski definition) is 7. The Kier molecular flexibility index (Phi) is 11.2. The molecule has 0 aromatic heterocycles. The van der Waals surface area contributed by atoms with E-state index in [0.29, 0.717) is 29.5 Å². The molecule has 214 valence electrons. The Bertz CT molecular complexity index is 1470. The molecule has 3 rings (SSSR count). The maximum absolute atomic E-state index is 15.0. The average Bonchev–Trinajstić information content (AvgIpc) is 2.91. The van der Waals surface area contributed by atoms with Gasteiger partial charge in [-0.05, 0) is 69.1 Å². The van der Waals surface area contributed by atoms with Gasteiger partial charge in [0.15, 0.2) is 23.1 Å². The van der Waals surface area contributed by atoms with Crippen molar-refractivity contribution in [2.45, 2.75) is 11.3 Å². The highest BCUT2D eigenvalue weighted by atomic mass is 35.5. The zero-order chi connectivity index (χ0) is 29.3. The Morgan fingerprint density at radius 3 is 2.65 bits per heavy atom. The summed E-state index contributed by atoms with van der Waals surface area (Å²) in [5.74, 6) is 0.275. The van der Waals surface area contributed by atoms with Gasteiger partial charge in [-0.15, -0.1) is 0 Å². The highest BCUT2D eigenvalue weighted by Gasteiger charge is 2.20. The van der Waals surface area contributed by atoms with Crippen LogP contribution in [0.25, 0.3) is 0 Å². The molecule has 0 saturated heterocycles. The highest BCUT2D eigenvalue weighted by molar-refractivity contribution is 7.92. The minimum Gasteiger partial charge on any atom is -0.493 e. The third kappa shape index (κ3) is 8.59. The fourth-order valence-electron chi connectivity index (χ4n) is 3.51. The van der Waals surface area contributed by atoms with Gasteiger partial charge in [0.05, 0.1) is 31.0 Å². The molecule has 1 aliphatic rings. The van der Waals surface area contributed by atoms with E-state index in [1.54, 1.807) is 24.4 Å². The number of rotatable bonds is 13. The first kappa shape index (κ1) is 31.2. The van der Waals surface area contributed by atoms with Crippen LogP contribution < -0.4 is 9.46 Å². The van der Waals surface area contributed by atoms with E-state index in [0.717, 1.165) is 19.0 Å². The average molecular weight is 611 g/mol. The molecule has 0 amide bonds. The SMILES string of the molecule is C=CC(OCCCN(C)C)=C(C=C1CN=CC=C1Oc1ccc(NS(=O)(=O)c2cc(Cl)ccc2Cl)cc1F)OC. The molecule has 0 fully saturated rings. The van der Waals surface area contributed by atoms with E-state index in [1.165, 1.54) is 37.4 Å². The fourth-order valence-corrected chi connectivity index (χ4v) is 5.33. The number of halogens is 3. The Hall–Kier alpha value is -3.31. The molecular formula is C28H30Cl2FN3O5S. The summed E-state index contributed by atoms with van der Waals surface area (Å²) >= 11 is 11.9. The predicted molar refractivity (Wildman–Crippen MR) is 157 cm³/mol. The highest BCUT2D eigenvalue weighted by Crippen LogP contribution is 2.30. The second kappa shape index (κ2) is 14.4. The Balaban J connectivity index is 1.79. The maximum atomic E-state index is 15.0. The van der Waals surface area contributed by atoms with Gasteiger partial charge in [-0.3, -0.25) is 9.71 Å². The van der Waals surface area contributed by atoms with Crippen molar-refractivity contribution in [2.75, 3.05) is 45.6 Å². The first-order valence-electron chi connectivity index (χ1n) is 12.1. The summed E-state index contributed by atoms with van der Waals surface area (Å²) in [4.78, 5) is 6.08. The number of benzene rings is 2. The second-order valence-corrected chi connectivity index (χ2v) is 11.3. The molecule has 40 heavy (non-hydrogen) atoms. The number of aliphatic imine (C=N–C) groups is 1. The van der Waals surface area contributed by atoms with Crippen molar-refractivity contribution in [3.05, 3.63) is 99.9 Å². The van der Waals surface area contributed by atoms with E-state index in [1.807, 2.05) is 14.1 Å². The van der Waals surface area contributed by atoms with Gasteiger partial charge in [-0.25, -0.2) is 12.8 Å². The summed E-state index contributed by atoms with van der Waals surface area (Å²) in [7, 11) is 1.35. The lowest BCUT2D eigenvalue weighted by atomic mass is 10.1. The number of nitrogens with zero attached hydrogens (tertiary/aromatic N) is 2. The molecule has 1 aliphatic heterocycles. The summed E-state index contributed by atoms with van der Waals surface area (Å²) in [5, 5.41) is 0.168. The molecule has 0 radical (unpaired) electrons. The third-order valence-electron chi connectivity index (χ3n) is 5.46. The molecule has 1 N–H and O–H groups in total. The predicted octanol–water partition coefficient (Wildman–Crippen LogP) is 6.22. The number of anilines is 1. The number of allylic oxidation sites excluding steroid dienone is 3. The van der Waals surface area contributed by atoms with Gasteiger partial charge >= 0.3 is 0 Å². The van der Waals surface area contributed by atoms with Crippen LogP contribution in [0.1, 0.15) is 6.42 Å². The smallest absolute Gasteiger partial charge is 0.263 e. The molecule has 0 aliphatic carbocycles. The largest absolute Gasteiger partial charge is 0.493 e. The van der Waals surface area contributed by atoms with Gasteiger partial charge < -0.3 is 19.1 Å². The van der Waals surface area contributed by atoms with Crippen molar-refractivity contribution < 1.29 is 27.0 Å². The van der Waals surface area contributed by atoms with Crippen LogP contribution in [0.15, 0.2) is 93.9 Å². The molecule has 0 saturated carbocycles.